The minimum atomic E-state index is -0.750. The van der Waals surface area contributed by atoms with E-state index in [0.717, 1.165) is 51.8 Å². The molecule has 1 spiro atoms. The van der Waals surface area contributed by atoms with E-state index in [4.69, 9.17) is 9.47 Å². The first-order chi connectivity index (χ1) is 19.0. The second-order valence-electron chi connectivity index (χ2n) is 10.4. The number of allylic oxidation sites excluding steroid dienone is 1. The van der Waals surface area contributed by atoms with Crippen molar-refractivity contribution in [1.29, 1.82) is 0 Å². The minimum absolute atomic E-state index is 0.0647. The van der Waals surface area contributed by atoms with Gasteiger partial charge in [0, 0.05) is 21.8 Å². The first-order valence-electron chi connectivity index (χ1n) is 13.4. The number of esters is 1. The summed E-state index contributed by atoms with van der Waals surface area (Å²) < 4.78 is 13.6. The lowest BCUT2D eigenvalue weighted by molar-refractivity contribution is -0.147. The zero-order valence-corrected chi connectivity index (χ0v) is 24.3. The average molecular weight is 604 g/mol. The van der Waals surface area contributed by atoms with E-state index in [9.17, 15) is 4.79 Å². The van der Waals surface area contributed by atoms with Gasteiger partial charge in [-0.3, -0.25) is 4.98 Å². The fraction of sp³-hybridized carbons (Fsp3) is 0.312. The van der Waals surface area contributed by atoms with Crippen LogP contribution >= 0.6 is 27.3 Å². The van der Waals surface area contributed by atoms with E-state index in [1.807, 2.05) is 42.6 Å². The highest BCUT2D eigenvalue weighted by atomic mass is 79.9. The fourth-order valence-electron chi connectivity index (χ4n) is 6.39. The van der Waals surface area contributed by atoms with Crippen LogP contribution in [0.4, 0.5) is 5.69 Å². The van der Waals surface area contributed by atoms with Crippen LogP contribution in [-0.4, -0.2) is 30.2 Å². The molecule has 0 unspecified atom stereocenters. The topological polar surface area (TPSA) is 60.5 Å². The molecule has 6 rings (SSSR count). The van der Waals surface area contributed by atoms with E-state index in [1.165, 1.54) is 23.8 Å². The van der Waals surface area contributed by atoms with Crippen molar-refractivity contribution in [1.82, 2.24) is 4.98 Å². The minimum Gasteiger partial charge on any atom is -0.492 e. The summed E-state index contributed by atoms with van der Waals surface area (Å²) in [4.78, 5) is 17.6. The molecule has 2 aliphatic rings. The number of nitrogens with one attached hydrogen (secondary N) is 1. The van der Waals surface area contributed by atoms with Crippen molar-refractivity contribution in [2.45, 2.75) is 49.5 Å². The predicted molar refractivity (Wildman–Crippen MR) is 161 cm³/mol. The Morgan fingerprint density at radius 3 is 2.74 bits per heavy atom. The molecule has 200 valence electrons. The second-order valence-corrected chi connectivity index (χ2v) is 12.3. The van der Waals surface area contributed by atoms with Gasteiger partial charge in [-0.05, 0) is 85.4 Å². The smallest absolute Gasteiger partial charge is 0.331 e. The Kier molecular flexibility index (Phi) is 7.21. The Labute approximate surface area is 241 Å². The molecule has 2 aromatic heterocycles. The lowest BCUT2D eigenvalue weighted by Gasteiger charge is -2.46. The normalized spacial score (nSPS) is 21.9. The highest BCUT2D eigenvalue weighted by molar-refractivity contribution is 9.10. The first kappa shape index (κ1) is 26.1. The van der Waals surface area contributed by atoms with Gasteiger partial charge < -0.3 is 14.8 Å². The molecule has 5 nitrogen and oxygen atoms in total. The highest BCUT2D eigenvalue weighted by Crippen LogP contribution is 2.54. The summed E-state index contributed by atoms with van der Waals surface area (Å²) in [7, 11) is 1.49. The summed E-state index contributed by atoms with van der Waals surface area (Å²) in [6.45, 7) is 0.650. The molecule has 0 atom stereocenters. The molecular weight excluding hydrogens is 572 g/mol. The Balaban J connectivity index is 1.20. The first-order valence-corrected chi connectivity index (χ1v) is 15.1. The molecule has 0 radical (unpaired) electrons. The number of carbonyl (C=O) groups excluding carboxylic acids is 1. The molecule has 1 N–H and O–H groups in total. The van der Waals surface area contributed by atoms with Gasteiger partial charge in [-0.2, -0.15) is 0 Å². The van der Waals surface area contributed by atoms with Crippen molar-refractivity contribution in [2.24, 2.45) is 0 Å². The van der Waals surface area contributed by atoms with E-state index >= 15 is 0 Å². The van der Waals surface area contributed by atoms with E-state index in [-0.39, 0.29) is 11.4 Å². The number of fused-ring (bicyclic) bond motifs is 3. The molecular formula is C32H31BrN2O3S. The predicted octanol–water partition coefficient (Wildman–Crippen LogP) is 8.15. The van der Waals surface area contributed by atoms with Gasteiger partial charge in [0.25, 0.3) is 0 Å². The molecule has 0 amide bonds. The van der Waals surface area contributed by atoms with E-state index in [2.05, 4.69) is 62.0 Å². The van der Waals surface area contributed by atoms with Crippen molar-refractivity contribution in [3.05, 3.63) is 93.4 Å². The van der Waals surface area contributed by atoms with Gasteiger partial charge in [0.15, 0.2) is 0 Å². The zero-order valence-electron chi connectivity index (χ0n) is 21.9. The van der Waals surface area contributed by atoms with Crippen molar-refractivity contribution in [3.63, 3.8) is 0 Å². The van der Waals surface area contributed by atoms with Gasteiger partial charge in [0.05, 0.1) is 23.9 Å². The Hall–Kier alpha value is -3.16. The summed E-state index contributed by atoms with van der Waals surface area (Å²) in [5, 5.41) is 5.62. The molecule has 2 aliphatic carbocycles. The number of ether oxygens (including phenoxy) is 2. The maximum Gasteiger partial charge on any atom is 0.331 e. The van der Waals surface area contributed by atoms with Crippen LogP contribution in [0, 0.1) is 0 Å². The maximum atomic E-state index is 13.2. The van der Waals surface area contributed by atoms with Crippen LogP contribution in [0.2, 0.25) is 0 Å². The fourth-order valence-corrected chi connectivity index (χ4v) is 7.61. The van der Waals surface area contributed by atoms with Crippen LogP contribution in [-0.2, 0) is 14.9 Å². The van der Waals surface area contributed by atoms with E-state index < -0.39 is 5.54 Å². The highest BCUT2D eigenvalue weighted by Gasteiger charge is 2.51. The number of aromatic nitrogens is 1. The summed E-state index contributed by atoms with van der Waals surface area (Å²) in [6, 6.07) is 20.7. The SMILES string of the molecule is COC(=O)C1(Nc2cccc(Br)c2)CCC2(CC1)C(CCCOc1ccnc3ccsc13)=Cc1ccccc12. The van der Waals surface area contributed by atoms with Gasteiger partial charge >= 0.3 is 5.97 Å². The molecule has 39 heavy (non-hydrogen) atoms. The van der Waals surface area contributed by atoms with Crippen LogP contribution < -0.4 is 10.1 Å². The summed E-state index contributed by atoms with van der Waals surface area (Å²) in [5.74, 6) is 0.715. The van der Waals surface area contributed by atoms with Crippen molar-refractivity contribution < 1.29 is 14.3 Å². The molecule has 0 saturated heterocycles. The summed E-state index contributed by atoms with van der Waals surface area (Å²) in [5.41, 5.74) is 5.22. The Morgan fingerprint density at radius 1 is 1.08 bits per heavy atom. The van der Waals surface area contributed by atoms with Crippen LogP contribution in [0.1, 0.15) is 49.7 Å². The van der Waals surface area contributed by atoms with Gasteiger partial charge in [0.2, 0.25) is 0 Å². The summed E-state index contributed by atoms with van der Waals surface area (Å²) in [6.07, 6.45) is 9.23. The Morgan fingerprint density at radius 2 is 1.92 bits per heavy atom. The van der Waals surface area contributed by atoms with Gasteiger partial charge in [-0.15, -0.1) is 11.3 Å². The number of rotatable bonds is 8. The molecule has 7 heteroatoms. The van der Waals surface area contributed by atoms with Crippen molar-refractivity contribution >= 4 is 55.2 Å². The van der Waals surface area contributed by atoms with E-state index in [1.54, 1.807) is 11.3 Å². The standard InChI is InChI=1S/C32H31BrN2O3S/c1-37-30(36)32(35-25-9-4-8-24(33)21-25)15-13-31(14-16-32)23(20-22-6-2-3-10-26(22)31)7-5-18-38-28-11-17-34-27-12-19-39-29(27)28/h2-4,6,8-12,17,19-21,35H,5,7,13-16,18H2,1H3. The number of hydrogen-bond acceptors (Lipinski definition) is 6. The van der Waals surface area contributed by atoms with Crippen molar-refractivity contribution in [2.75, 3.05) is 19.0 Å². The largest absolute Gasteiger partial charge is 0.492 e. The third-order valence-electron chi connectivity index (χ3n) is 8.32. The van der Waals surface area contributed by atoms with Crippen molar-refractivity contribution in [3.8, 4) is 5.75 Å². The van der Waals surface area contributed by atoms with Crippen LogP contribution in [0.15, 0.2) is 82.3 Å². The number of carbonyl (C=O) groups is 1. The van der Waals surface area contributed by atoms with Crippen LogP contribution in [0.25, 0.3) is 16.3 Å². The number of methoxy groups -OCH3 is 1. The number of pyridine rings is 1. The quantitative estimate of drug-likeness (QED) is 0.163. The molecule has 1 saturated carbocycles. The number of thiophene rings is 1. The third kappa shape index (κ3) is 4.87. The van der Waals surface area contributed by atoms with Gasteiger partial charge in [-0.1, -0.05) is 57.9 Å². The van der Waals surface area contributed by atoms with Crippen LogP contribution in [0.5, 0.6) is 5.75 Å². The lowest BCUT2D eigenvalue weighted by atomic mass is 9.61. The Bertz CT molecular complexity index is 1540. The molecule has 0 aliphatic heterocycles. The zero-order chi connectivity index (χ0) is 26.9. The number of anilines is 1. The monoisotopic (exact) mass is 602 g/mol. The molecule has 4 aromatic rings. The molecule has 0 bridgehead atoms. The van der Waals surface area contributed by atoms with E-state index in [0.29, 0.717) is 19.4 Å². The third-order valence-corrected chi connectivity index (χ3v) is 9.73. The number of nitrogens with zero attached hydrogens (tertiary/aromatic N) is 1. The average Bonchev–Trinajstić information content (AvgIpc) is 3.56. The maximum absolute atomic E-state index is 13.2. The molecule has 1 fully saturated rings. The number of halogens is 1. The lowest BCUT2D eigenvalue weighted by Crippen LogP contribution is -2.52. The summed E-state index contributed by atoms with van der Waals surface area (Å²) >= 11 is 5.22. The van der Waals surface area contributed by atoms with Gasteiger partial charge in [-0.25, -0.2) is 4.79 Å². The number of hydrogen-bond donors (Lipinski definition) is 1. The van der Waals surface area contributed by atoms with Gasteiger partial charge in [0.1, 0.15) is 11.3 Å². The second kappa shape index (κ2) is 10.8. The molecule has 2 heterocycles. The number of benzene rings is 2. The molecule has 2 aromatic carbocycles. The van der Waals surface area contributed by atoms with Crippen LogP contribution in [0.3, 0.4) is 0 Å².